The number of anilines is 1. The molecule has 2 N–H and O–H groups in total. The Morgan fingerprint density at radius 2 is 1.76 bits per heavy atom. The third-order valence-corrected chi connectivity index (χ3v) is 6.58. The fraction of sp³-hybridized carbons (Fsp3) is 0.316. The van der Waals surface area contributed by atoms with Crippen LogP contribution in [0.3, 0.4) is 0 Å². The Kier molecular flexibility index (Phi) is 7.34. The minimum atomic E-state index is -3.79. The molecule has 0 saturated heterocycles. The molecule has 2 rings (SSSR count). The molecule has 29 heavy (non-hydrogen) atoms. The maximum Gasteiger partial charge on any atom is 0.244 e. The van der Waals surface area contributed by atoms with Crippen LogP contribution in [0.25, 0.3) is 0 Å². The summed E-state index contributed by atoms with van der Waals surface area (Å²) < 4.78 is 52.7. The van der Waals surface area contributed by atoms with Crippen molar-refractivity contribution >= 4 is 33.2 Å². The van der Waals surface area contributed by atoms with Gasteiger partial charge in [0, 0.05) is 37.5 Å². The molecule has 0 radical (unpaired) electrons. The topological polar surface area (TPSA) is 78.5 Å². The van der Waals surface area contributed by atoms with E-state index in [-0.39, 0.29) is 21.2 Å². The van der Waals surface area contributed by atoms with Crippen molar-refractivity contribution < 1.29 is 22.0 Å². The largest absolute Gasteiger partial charge is 0.325 e. The van der Waals surface area contributed by atoms with Gasteiger partial charge in [-0.2, -0.15) is 0 Å². The normalized spacial score (nSPS) is 13.9. The molecule has 0 spiro atoms. The van der Waals surface area contributed by atoms with Crippen LogP contribution in [-0.4, -0.2) is 38.8 Å². The summed E-state index contributed by atoms with van der Waals surface area (Å²) in [4.78, 5) is 12.3. The third-order valence-electron chi connectivity index (χ3n) is 4.28. The Labute approximate surface area is 173 Å². The van der Waals surface area contributed by atoms with E-state index in [0.717, 1.165) is 16.4 Å². The zero-order valence-electron chi connectivity index (χ0n) is 16.3. The number of benzene rings is 2. The predicted octanol–water partition coefficient (Wildman–Crippen LogP) is 3.55. The highest BCUT2D eigenvalue weighted by atomic mass is 35.5. The lowest BCUT2D eigenvalue weighted by Crippen LogP contribution is -2.39. The number of nitrogens with one attached hydrogen (secondary N) is 2. The van der Waals surface area contributed by atoms with Crippen molar-refractivity contribution in [3.05, 3.63) is 58.6 Å². The maximum absolute atomic E-state index is 13.9. The standard InChI is InChI=1S/C19H22ClF2N3O3S/c1-11(15-7-5-13(21)9-17(15)22)23-12(2)19(26)24-14-6-8-16(20)18(10-14)29(27,28)25(3)4/h5-12,23H,1-4H3,(H,24,26). The van der Waals surface area contributed by atoms with Crippen LogP contribution in [0.4, 0.5) is 14.5 Å². The van der Waals surface area contributed by atoms with Crippen LogP contribution in [0, 0.1) is 11.6 Å². The highest BCUT2D eigenvalue weighted by Gasteiger charge is 2.23. The molecule has 10 heteroatoms. The first-order chi connectivity index (χ1) is 13.4. The fourth-order valence-corrected chi connectivity index (χ4v) is 4.01. The monoisotopic (exact) mass is 445 g/mol. The molecular formula is C19H22ClF2N3O3S. The number of nitrogens with zero attached hydrogens (tertiary/aromatic N) is 1. The second-order valence-electron chi connectivity index (χ2n) is 6.70. The van der Waals surface area contributed by atoms with E-state index in [9.17, 15) is 22.0 Å². The SMILES string of the molecule is CC(NC(C)c1ccc(F)cc1F)C(=O)Nc1ccc(Cl)c(S(=O)(=O)N(C)C)c1. The number of sulfonamides is 1. The average molecular weight is 446 g/mol. The Balaban J connectivity index is 2.13. The van der Waals surface area contributed by atoms with Gasteiger partial charge in [0.05, 0.1) is 11.1 Å². The summed E-state index contributed by atoms with van der Waals surface area (Å²) in [7, 11) is -1.04. The minimum Gasteiger partial charge on any atom is -0.325 e. The van der Waals surface area contributed by atoms with Gasteiger partial charge < -0.3 is 5.32 Å². The fourth-order valence-electron chi connectivity index (χ4n) is 2.62. The maximum atomic E-state index is 13.9. The van der Waals surface area contributed by atoms with E-state index in [1.807, 2.05) is 0 Å². The first kappa shape index (κ1) is 23.2. The Hall–Kier alpha value is -2.07. The molecule has 158 valence electrons. The van der Waals surface area contributed by atoms with Crippen molar-refractivity contribution in [2.45, 2.75) is 30.8 Å². The van der Waals surface area contributed by atoms with Gasteiger partial charge in [-0.1, -0.05) is 17.7 Å². The number of carbonyl (C=O) groups is 1. The Morgan fingerprint density at radius 3 is 2.34 bits per heavy atom. The molecule has 2 aromatic rings. The Bertz CT molecular complexity index is 1020. The zero-order chi connectivity index (χ0) is 21.9. The van der Waals surface area contributed by atoms with Gasteiger partial charge >= 0.3 is 0 Å². The van der Waals surface area contributed by atoms with Gasteiger partial charge in [-0.05, 0) is 38.1 Å². The van der Waals surface area contributed by atoms with Crippen LogP contribution < -0.4 is 10.6 Å². The molecule has 0 fully saturated rings. The van der Waals surface area contributed by atoms with Gasteiger partial charge in [0.1, 0.15) is 16.5 Å². The molecule has 2 aromatic carbocycles. The van der Waals surface area contributed by atoms with Crippen LogP contribution in [0.5, 0.6) is 0 Å². The molecule has 6 nitrogen and oxygen atoms in total. The lowest BCUT2D eigenvalue weighted by atomic mass is 10.1. The van der Waals surface area contributed by atoms with E-state index in [4.69, 9.17) is 11.6 Å². The van der Waals surface area contributed by atoms with Crippen LogP contribution in [0.2, 0.25) is 5.02 Å². The second kappa shape index (κ2) is 9.17. The van der Waals surface area contributed by atoms with E-state index in [1.54, 1.807) is 13.8 Å². The molecule has 0 aliphatic rings. The Morgan fingerprint density at radius 1 is 1.10 bits per heavy atom. The molecule has 0 heterocycles. The summed E-state index contributed by atoms with van der Waals surface area (Å²) in [6.45, 7) is 3.21. The molecule has 1 amide bonds. The van der Waals surface area contributed by atoms with E-state index in [0.29, 0.717) is 0 Å². The van der Waals surface area contributed by atoms with Crippen molar-refractivity contribution in [1.29, 1.82) is 0 Å². The van der Waals surface area contributed by atoms with Gasteiger partial charge in [-0.25, -0.2) is 21.5 Å². The first-order valence-electron chi connectivity index (χ1n) is 8.67. The predicted molar refractivity (Wildman–Crippen MR) is 108 cm³/mol. The van der Waals surface area contributed by atoms with E-state index in [1.165, 1.54) is 38.4 Å². The molecule has 0 saturated carbocycles. The summed E-state index contributed by atoms with van der Waals surface area (Å²) >= 11 is 5.99. The van der Waals surface area contributed by atoms with Crippen LogP contribution in [0.15, 0.2) is 41.3 Å². The average Bonchev–Trinajstić information content (AvgIpc) is 2.62. The van der Waals surface area contributed by atoms with Crippen LogP contribution in [0.1, 0.15) is 25.5 Å². The van der Waals surface area contributed by atoms with Crippen molar-refractivity contribution in [3.63, 3.8) is 0 Å². The molecule has 0 aliphatic carbocycles. The van der Waals surface area contributed by atoms with E-state index < -0.39 is 39.6 Å². The highest BCUT2D eigenvalue weighted by molar-refractivity contribution is 7.89. The van der Waals surface area contributed by atoms with Gasteiger partial charge in [-0.15, -0.1) is 0 Å². The molecule has 0 aromatic heterocycles. The summed E-state index contributed by atoms with van der Waals surface area (Å²) in [5.74, 6) is -1.86. The zero-order valence-corrected chi connectivity index (χ0v) is 17.9. The number of carbonyl (C=O) groups excluding carboxylic acids is 1. The molecule has 2 atom stereocenters. The van der Waals surface area contributed by atoms with Crippen molar-refractivity contribution in [2.75, 3.05) is 19.4 Å². The number of hydrogen-bond donors (Lipinski definition) is 2. The van der Waals surface area contributed by atoms with Gasteiger partial charge in [0.2, 0.25) is 15.9 Å². The van der Waals surface area contributed by atoms with Crippen molar-refractivity contribution in [2.24, 2.45) is 0 Å². The quantitative estimate of drug-likeness (QED) is 0.683. The molecule has 2 unspecified atom stereocenters. The van der Waals surface area contributed by atoms with Gasteiger partial charge in [-0.3, -0.25) is 10.1 Å². The number of rotatable bonds is 7. The van der Waals surface area contributed by atoms with E-state index in [2.05, 4.69) is 10.6 Å². The van der Waals surface area contributed by atoms with E-state index >= 15 is 0 Å². The lowest BCUT2D eigenvalue weighted by Gasteiger charge is -2.21. The van der Waals surface area contributed by atoms with Crippen LogP contribution in [-0.2, 0) is 14.8 Å². The summed E-state index contributed by atoms with van der Waals surface area (Å²) in [6.07, 6.45) is 0. The minimum absolute atomic E-state index is 0.0308. The molecular weight excluding hydrogens is 424 g/mol. The first-order valence-corrected chi connectivity index (χ1v) is 10.5. The number of amides is 1. The smallest absolute Gasteiger partial charge is 0.244 e. The van der Waals surface area contributed by atoms with Gasteiger partial charge in [0.25, 0.3) is 0 Å². The molecule has 0 aliphatic heterocycles. The summed E-state index contributed by atoms with van der Waals surface area (Å²) in [5.41, 5.74) is 0.464. The van der Waals surface area contributed by atoms with Crippen molar-refractivity contribution in [1.82, 2.24) is 9.62 Å². The summed E-state index contributed by atoms with van der Waals surface area (Å²) in [5, 5.41) is 5.56. The van der Waals surface area contributed by atoms with Crippen molar-refractivity contribution in [3.8, 4) is 0 Å². The second-order valence-corrected chi connectivity index (χ2v) is 9.23. The number of hydrogen-bond acceptors (Lipinski definition) is 4. The molecule has 0 bridgehead atoms. The third kappa shape index (κ3) is 5.51. The highest BCUT2D eigenvalue weighted by Crippen LogP contribution is 2.27. The lowest BCUT2D eigenvalue weighted by molar-refractivity contribution is -0.117. The van der Waals surface area contributed by atoms with Crippen LogP contribution >= 0.6 is 11.6 Å². The summed E-state index contributed by atoms with van der Waals surface area (Å²) in [6, 6.07) is 6.04. The number of halogens is 3. The van der Waals surface area contributed by atoms with Gasteiger partial charge in [0.15, 0.2) is 0 Å².